The lowest BCUT2D eigenvalue weighted by atomic mass is 9.86. The summed E-state index contributed by atoms with van der Waals surface area (Å²) in [5, 5.41) is 20.4. The van der Waals surface area contributed by atoms with Crippen molar-refractivity contribution in [2.45, 2.75) is 5.60 Å². The molecule has 1 atom stereocenters. The van der Waals surface area contributed by atoms with Gasteiger partial charge in [-0.25, -0.2) is 0 Å². The van der Waals surface area contributed by atoms with Crippen LogP contribution in [0.5, 0.6) is 5.75 Å². The van der Waals surface area contributed by atoms with Gasteiger partial charge in [0.05, 0.1) is 13.7 Å². The molecule has 0 bridgehead atoms. The molecule has 2 N–H and O–H groups in total. The Kier molecular flexibility index (Phi) is 3.65. The van der Waals surface area contributed by atoms with Crippen LogP contribution >= 0.6 is 0 Å². The second-order valence-electron chi connectivity index (χ2n) is 4.08. The largest absolute Gasteiger partial charge is 0.496 e. The quantitative estimate of drug-likeness (QED) is 0.864. The SMILES string of the molecule is COc1ccccc1C(O)(CO)c1ccccc1. The Morgan fingerprint density at radius 1 is 1.00 bits per heavy atom. The minimum atomic E-state index is -1.45. The van der Waals surface area contributed by atoms with E-state index in [-0.39, 0.29) is 0 Å². The third-order valence-corrected chi connectivity index (χ3v) is 3.03. The zero-order valence-corrected chi connectivity index (χ0v) is 10.2. The molecule has 0 aliphatic heterocycles. The highest BCUT2D eigenvalue weighted by Crippen LogP contribution is 2.34. The van der Waals surface area contributed by atoms with Crippen molar-refractivity contribution < 1.29 is 14.9 Å². The normalized spacial score (nSPS) is 13.9. The molecule has 0 amide bonds. The maximum Gasteiger partial charge on any atom is 0.141 e. The zero-order chi connectivity index (χ0) is 13.0. The monoisotopic (exact) mass is 244 g/mol. The fourth-order valence-electron chi connectivity index (χ4n) is 2.03. The average Bonchev–Trinajstić information content (AvgIpc) is 2.47. The number of ether oxygens (including phenoxy) is 1. The Morgan fingerprint density at radius 2 is 1.61 bits per heavy atom. The molecule has 2 aromatic carbocycles. The number of hydrogen-bond donors (Lipinski definition) is 2. The minimum absolute atomic E-state index is 0.405. The van der Waals surface area contributed by atoms with Crippen molar-refractivity contribution in [1.29, 1.82) is 0 Å². The number of para-hydroxylation sites is 1. The summed E-state index contributed by atoms with van der Waals surface area (Å²) in [7, 11) is 1.54. The molecule has 0 aliphatic carbocycles. The first-order chi connectivity index (χ1) is 8.72. The number of hydrogen-bond acceptors (Lipinski definition) is 3. The van der Waals surface area contributed by atoms with Crippen LogP contribution in [-0.4, -0.2) is 23.9 Å². The predicted octanol–water partition coefficient (Wildman–Crippen LogP) is 1.92. The summed E-state index contributed by atoms with van der Waals surface area (Å²) < 4.78 is 5.24. The van der Waals surface area contributed by atoms with Crippen LogP contribution in [0.15, 0.2) is 54.6 Å². The Bertz CT molecular complexity index is 510. The molecule has 0 aliphatic rings. The maximum atomic E-state index is 10.7. The lowest BCUT2D eigenvalue weighted by Gasteiger charge is -2.28. The topological polar surface area (TPSA) is 49.7 Å². The molecule has 18 heavy (non-hydrogen) atoms. The van der Waals surface area contributed by atoms with E-state index >= 15 is 0 Å². The van der Waals surface area contributed by atoms with Gasteiger partial charge in [0.2, 0.25) is 0 Å². The van der Waals surface area contributed by atoms with Gasteiger partial charge in [-0.3, -0.25) is 0 Å². The highest BCUT2D eigenvalue weighted by atomic mass is 16.5. The lowest BCUT2D eigenvalue weighted by Crippen LogP contribution is -2.32. The molecule has 2 rings (SSSR count). The Morgan fingerprint density at radius 3 is 2.22 bits per heavy atom. The van der Waals surface area contributed by atoms with Gasteiger partial charge in [-0.05, 0) is 11.6 Å². The van der Waals surface area contributed by atoms with Crippen molar-refractivity contribution in [2.24, 2.45) is 0 Å². The van der Waals surface area contributed by atoms with Gasteiger partial charge < -0.3 is 14.9 Å². The van der Waals surface area contributed by atoms with Gasteiger partial charge >= 0.3 is 0 Å². The molecule has 0 saturated carbocycles. The van der Waals surface area contributed by atoms with Gasteiger partial charge in [0, 0.05) is 5.56 Å². The molecule has 0 aromatic heterocycles. The third kappa shape index (κ3) is 2.10. The molecule has 0 fully saturated rings. The average molecular weight is 244 g/mol. The molecule has 0 heterocycles. The fraction of sp³-hybridized carbons (Fsp3) is 0.200. The van der Waals surface area contributed by atoms with Gasteiger partial charge in [0.1, 0.15) is 11.4 Å². The van der Waals surface area contributed by atoms with Gasteiger partial charge in [0.25, 0.3) is 0 Å². The highest BCUT2D eigenvalue weighted by molar-refractivity contribution is 5.44. The number of methoxy groups -OCH3 is 1. The van der Waals surface area contributed by atoms with Crippen LogP contribution in [0.4, 0.5) is 0 Å². The molecule has 3 heteroatoms. The van der Waals surface area contributed by atoms with Crippen LogP contribution in [0.1, 0.15) is 11.1 Å². The van der Waals surface area contributed by atoms with E-state index in [4.69, 9.17) is 4.74 Å². The van der Waals surface area contributed by atoms with Crippen molar-refractivity contribution in [1.82, 2.24) is 0 Å². The molecular weight excluding hydrogens is 228 g/mol. The summed E-state index contributed by atoms with van der Waals surface area (Å²) in [6, 6.07) is 16.2. The van der Waals surface area contributed by atoms with Crippen molar-refractivity contribution in [3.8, 4) is 5.75 Å². The summed E-state index contributed by atoms with van der Waals surface area (Å²) in [4.78, 5) is 0. The second-order valence-corrected chi connectivity index (χ2v) is 4.08. The third-order valence-electron chi connectivity index (χ3n) is 3.03. The van der Waals surface area contributed by atoms with Crippen molar-refractivity contribution >= 4 is 0 Å². The van der Waals surface area contributed by atoms with Crippen LogP contribution in [0.25, 0.3) is 0 Å². The summed E-state index contributed by atoms with van der Waals surface area (Å²) in [5.41, 5.74) is -0.258. The van der Waals surface area contributed by atoms with Crippen molar-refractivity contribution in [2.75, 3.05) is 13.7 Å². The first-order valence-corrected chi connectivity index (χ1v) is 5.74. The first kappa shape index (κ1) is 12.6. The van der Waals surface area contributed by atoms with E-state index in [1.54, 1.807) is 37.4 Å². The Labute approximate surface area is 106 Å². The number of rotatable bonds is 4. The molecule has 1 unspecified atom stereocenters. The summed E-state index contributed by atoms with van der Waals surface area (Å²) in [5.74, 6) is 0.554. The molecule has 3 nitrogen and oxygen atoms in total. The Hall–Kier alpha value is -1.84. The Balaban J connectivity index is 2.57. The van der Waals surface area contributed by atoms with Crippen LogP contribution < -0.4 is 4.74 Å². The predicted molar refractivity (Wildman–Crippen MR) is 69.5 cm³/mol. The minimum Gasteiger partial charge on any atom is -0.496 e. The number of benzene rings is 2. The number of aliphatic hydroxyl groups is 2. The summed E-state index contributed by atoms with van der Waals surface area (Å²) in [6.45, 7) is -0.405. The van der Waals surface area contributed by atoms with Gasteiger partial charge in [-0.2, -0.15) is 0 Å². The van der Waals surface area contributed by atoms with Crippen LogP contribution in [0.3, 0.4) is 0 Å². The zero-order valence-electron chi connectivity index (χ0n) is 10.2. The van der Waals surface area contributed by atoms with Crippen LogP contribution in [-0.2, 0) is 5.60 Å². The maximum absolute atomic E-state index is 10.7. The van der Waals surface area contributed by atoms with E-state index in [2.05, 4.69) is 0 Å². The van der Waals surface area contributed by atoms with Crippen molar-refractivity contribution in [3.63, 3.8) is 0 Å². The molecule has 2 aromatic rings. The fourth-order valence-corrected chi connectivity index (χ4v) is 2.03. The smallest absolute Gasteiger partial charge is 0.141 e. The van der Waals surface area contributed by atoms with E-state index in [0.717, 1.165) is 0 Å². The van der Waals surface area contributed by atoms with E-state index in [9.17, 15) is 10.2 Å². The van der Waals surface area contributed by atoms with E-state index in [1.165, 1.54) is 0 Å². The van der Waals surface area contributed by atoms with E-state index in [1.807, 2.05) is 24.3 Å². The highest BCUT2D eigenvalue weighted by Gasteiger charge is 2.33. The van der Waals surface area contributed by atoms with Gasteiger partial charge in [-0.15, -0.1) is 0 Å². The molecule has 0 spiro atoms. The number of aliphatic hydroxyl groups excluding tert-OH is 1. The summed E-state index contributed by atoms with van der Waals surface area (Å²) >= 11 is 0. The lowest BCUT2D eigenvalue weighted by molar-refractivity contribution is 0.0154. The summed E-state index contributed by atoms with van der Waals surface area (Å²) in [6.07, 6.45) is 0. The van der Waals surface area contributed by atoms with Crippen LogP contribution in [0.2, 0.25) is 0 Å². The van der Waals surface area contributed by atoms with Gasteiger partial charge in [0.15, 0.2) is 0 Å². The molecule has 94 valence electrons. The van der Waals surface area contributed by atoms with E-state index < -0.39 is 12.2 Å². The molecule has 0 saturated heterocycles. The standard InChI is InChI=1S/C15H16O3/c1-18-14-10-6-5-9-13(14)15(17,11-16)12-7-3-2-4-8-12/h2-10,16-17H,11H2,1H3. The first-order valence-electron chi connectivity index (χ1n) is 5.74. The van der Waals surface area contributed by atoms with Crippen LogP contribution in [0, 0.1) is 0 Å². The molecular formula is C15H16O3. The van der Waals surface area contributed by atoms with E-state index in [0.29, 0.717) is 16.9 Å². The van der Waals surface area contributed by atoms with Crippen molar-refractivity contribution in [3.05, 3.63) is 65.7 Å². The van der Waals surface area contributed by atoms with Gasteiger partial charge in [-0.1, -0.05) is 48.5 Å². The second kappa shape index (κ2) is 5.21. The molecule has 0 radical (unpaired) electrons.